The van der Waals surface area contributed by atoms with E-state index in [1.54, 1.807) is 17.8 Å². The van der Waals surface area contributed by atoms with Crippen molar-refractivity contribution in [3.8, 4) is 0 Å². The van der Waals surface area contributed by atoms with Crippen LogP contribution in [0.15, 0.2) is 28.9 Å². The predicted octanol–water partition coefficient (Wildman–Crippen LogP) is 0.405. The molecule has 0 amide bonds. The standard InChI is InChI=1S/C6H6N2OS/c9-10-5-4-8-3-1-2-7-6(8)10/h1-2,4-5H,3H2. The second-order valence-corrected chi connectivity index (χ2v) is 3.26. The van der Waals surface area contributed by atoms with E-state index in [-0.39, 0.29) is 0 Å². The number of rotatable bonds is 0. The molecule has 0 saturated carbocycles. The molecule has 0 spiro atoms. The average Bonchev–Trinajstić information content (AvgIpc) is 2.34. The Labute approximate surface area is 61.9 Å². The van der Waals surface area contributed by atoms with Crippen LogP contribution in [-0.2, 0) is 11.2 Å². The van der Waals surface area contributed by atoms with Crippen LogP contribution >= 0.6 is 0 Å². The molecule has 0 aromatic heterocycles. The summed E-state index contributed by atoms with van der Waals surface area (Å²) in [7, 11) is 0. The topological polar surface area (TPSA) is 38.7 Å². The average molecular weight is 154 g/mol. The smallest absolute Gasteiger partial charge is 0.328 e. The number of amidine groups is 1. The van der Waals surface area contributed by atoms with Crippen LogP contribution in [-0.4, -0.2) is 21.2 Å². The van der Waals surface area contributed by atoms with Gasteiger partial charge in [0.05, 0.1) is 17.4 Å². The molecule has 0 aromatic rings. The lowest BCUT2D eigenvalue weighted by atomic mass is 10.5. The third-order valence-corrected chi connectivity index (χ3v) is 2.45. The van der Waals surface area contributed by atoms with Crippen molar-refractivity contribution in [2.45, 2.75) is 0 Å². The molecule has 4 heteroatoms. The van der Waals surface area contributed by atoms with Crippen LogP contribution in [0.25, 0.3) is 0 Å². The normalized spacial score (nSPS) is 28.7. The van der Waals surface area contributed by atoms with Crippen molar-refractivity contribution < 1.29 is 4.55 Å². The molecule has 2 aliphatic heterocycles. The Morgan fingerprint density at radius 1 is 1.70 bits per heavy atom. The van der Waals surface area contributed by atoms with Crippen LogP contribution in [0.3, 0.4) is 0 Å². The first-order valence-corrected chi connectivity index (χ1v) is 4.17. The Bertz CT molecular complexity index is 234. The van der Waals surface area contributed by atoms with E-state index in [1.165, 1.54) is 0 Å². The van der Waals surface area contributed by atoms with Crippen molar-refractivity contribution in [1.82, 2.24) is 4.90 Å². The summed E-state index contributed by atoms with van der Waals surface area (Å²) in [6.45, 7) is 0.793. The van der Waals surface area contributed by atoms with E-state index in [2.05, 4.69) is 4.99 Å². The lowest BCUT2D eigenvalue weighted by Crippen LogP contribution is -2.28. The zero-order valence-electron chi connectivity index (χ0n) is 5.23. The maximum Gasteiger partial charge on any atom is 0.328 e. The third-order valence-electron chi connectivity index (χ3n) is 1.38. The monoisotopic (exact) mass is 154 g/mol. The molecule has 52 valence electrons. The van der Waals surface area contributed by atoms with Gasteiger partial charge in [0.15, 0.2) is 0 Å². The highest BCUT2D eigenvalue weighted by atomic mass is 32.2. The van der Waals surface area contributed by atoms with Gasteiger partial charge in [0.1, 0.15) is 5.41 Å². The maximum absolute atomic E-state index is 11.0. The minimum absolute atomic E-state index is 0.655. The molecule has 10 heavy (non-hydrogen) atoms. The highest BCUT2D eigenvalue weighted by molar-refractivity contribution is 8.09. The summed E-state index contributed by atoms with van der Waals surface area (Å²) in [5, 5.41) is 2.30. The number of hydrogen-bond acceptors (Lipinski definition) is 3. The van der Waals surface area contributed by atoms with Gasteiger partial charge >= 0.3 is 5.17 Å². The summed E-state index contributed by atoms with van der Waals surface area (Å²) in [4.78, 5) is 5.84. The molecule has 0 fully saturated rings. The van der Waals surface area contributed by atoms with Gasteiger partial charge in [-0.15, -0.1) is 0 Å². The molecule has 2 heterocycles. The van der Waals surface area contributed by atoms with E-state index in [9.17, 15) is 4.55 Å². The Morgan fingerprint density at radius 2 is 2.60 bits per heavy atom. The van der Waals surface area contributed by atoms with Crippen LogP contribution in [0.1, 0.15) is 0 Å². The SMILES string of the molecule is [O-][S+]1C=CN2CC=CN=C21. The van der Waals surface area contributed by atoms with E-state index in [0.717, 1.165) is 6.54 Å². The van der Waals surface area contributed by atoms with Gasteiger partial charge in [0, 0.05) is 12.7 Å². The lowest BCUT2D eigenvalue weighted by Gasteiger charge is -2.13. The van der Waals surface area contributed by atoms with Gasteiger partial charge in [-0.3, -0.25) is 4.90 Å². The van der Waals surface area contributed by atoms with Gasteiger partial charge in [-0.25, -0.2) is 0 Å². The number of aliphatic imine (C=N–C) groups is 1. The minimum atomic E-state index is -0.995. The van der Waals surface area contributed by atoms with Crippen molar-refractivity contribution in [3.63, 3.8) is 0 Å². The van der Waals surface area contributed by atoms with Crippen molar-refractivity contribution in [1.29, 1.82) is 0 Å². The summed E-state index contributed by atoms with van der Waals surface area (Å²) in [5.41, 5.74) is 0. The Morgan fingerprint density at radius 3 is 3.40 bits per heavy atom. The third kappa shape index (κ3) is 0.767. The quantitative estimate of drug-likeness (QED) is 0.474. The molecular formula is C6H6N2OS. The predicted molar refractivity (Wildman–Crippen MR) is 40.6 cm³/mol. The van der Waals surface area contributed by atoms with E-state index in [0.29, 0.717) is 5.17 Å². The first kappa shape index (κ1) is 6.00. The molecule has 0 radical (unpaired) electrons. The molecule has 1 unspecified atom stereocenters. The van der Waals surface area contributed by atoms with Crippen LogP contribution in [0.5, 0.6) is 0 Å². The van der Waals surface area contributed by atoms with E-state index in [1.807, 2.05) is 11.0 Å². The van der Waals surface area contributed by atoms with E-state index in [4.69, 9.17) is 0 Å². The minimum Gasteiger partial charge on any atom is -0.604 e. The van der Waals surface area contributed by atoms with Crippen LogP contribution in [0.2, 0.25) is 0 Å². The molecule has 0 aliphatic carbocycles. The zero-order chi connectivity index (χ0) is 6.97. The lowest BCUT2D eigenvalue weighted by molar-refractivity contribution is 0.601. The van der Waals surface area contributed by atoms with Crippen LogP contribution in [0.4, 0.5) is 0 Å². The fourth-order valence-corrected chi connectivity index (χ4v) is 1.82. The molecule has 0 N–H and O–H groups in total. The maximum atomic E-state index is 11.0. The van der Waals surface area contributed by atoms with Gasteiger partial charge in [-0.2, -0.15) is 4.99 Å². The van der Waals surface area contributed by atoms with Gasteiger partial charge in [-0.1, -0.05) is 0 Å². The highest BCUT2D eigenvalue weighted by Crippen LogP contribution is 2.15. The Kier molecular flexibility index (Phi) is 1.28. The largest absolute Gasteiger partial charge is 0.604 e. The Balaban J connectivity index is 2.32. The first-order chi connectivity index (χ1) is 4.88. The van der Waals surface area contributed by atoms with Gasteiger partial charge in [0.25, 0.3) is 0 Å². The van der Waals surface area contributed by atoms with Crippen molar-refractivity contribution in [2.24, 2.45) is 4.99 Å². The fraction of sp³-hybridized carbons (Fsp3) is 0.167. The molecule has 0 aromatic carbocycles. The van der Waals surface area contributed by atoms with Crippen LogP contribution in [0, 0.1) is 0 Å². The van der Waals surface area contributed by atoms with Gasteiger partial charge < -0.3 is 4.55 Å². The van der Waals surface area contributed by atoms with Gasteiger partial charge in [-0.05, 0) is 6.08 Å². The van der Waals surface area contributed by atoms with Crippen molar-refractivity contribution in [2.75, 3.05) is 6.54 Å². The first-order valence-electron chi connectivity index (χ1n) is 2.96. The highest BCUT2D eigenvalue weighted by Gasteiger charge is 2.27. The molecule has 2 rings (SSSR count). The van der Waals surface area contributed by atoms with Gasteiger partial charge in [0.2, 0.25) is 0 Å². The zero-order valence-corrected chi connectivity index (χ0v) is 6.04. The summed E-state index contributed by atoms with van der Waals surface area (Å²) in [6, 6.07) is 0. The number of hydrogen-bond donors (Lipinski definition) is 0. The van der Waals surface area contributed by atoms with Crippen molar-refractivity contribution >= 4 is 16.3 Å². The summed E-state index contributed by atoms with van der Waals surface area (Å²) in [6.07, 6.45) is 5.42. The molecular weight excluding hydrogens is 148 g/mol. The summed E-state index contributed by atoms with van der Waals surface area (Å²) in [5.74, 6) is 0. The second kappa shape index (κ2) is 2.14. The Hall–Kier alpha value is -0.740. The summed E-state index contributed by atoms with van der Waals surface area (Å²) < 4.78 is 11.0. The fourth-order valence-electron chi connectivity index (χ4n) is 0.911. The molecule has 3 nitrogen and oxygen atoms in total. The molecule has 0 bridgehead atoms. The molecule has 1 atom stereocenters. The molecule has 0 saturated heterocycles. The van der Waals surface area contributed by atoms with E-state index < -0.39 is 11.2 Å². The second-order valence-electron chi connectivity index (χ2n) is 2.03. The van der Waals surface area contributed by atoms with Crippen molar-refractivity contribution in [3.05, 3.63) is 23.9 Å². The van der Waals surface area contributed by atoms with Crippen LogP contribution < -0.4 is 0 Å². The summed E-state index contributed by atoms with van der Waals surface area (Å²) >= 11 is -0.995. The van der Waals surface area contributed by atoms with E-state index >= 15 is 0 Å². The number of fused-ring (bicyclic) bond motifs is 1. The molecule has 2 aliphatic rings. The number of nitrogens with zero attached hydrogens (tertiary/aromatic N) is 2.